The van der Waals surface area contributed by atoms with Gasteiger partial charge in [0.15, 0.2) is 0 Å². The third-order valence-electron chi connectivity index (χ3n) is 1.16. The lowest BCUT2D eigenvalue weighted by atomic mass is 10.4. The second-order valence-electron chi connectivity index (χ2n) is 2.15. The fraction of sp³-hybridized carbons (Fsp3) is 1.00. The fourth-order valence-electron chi connectivity index (χ4n) is 0.612. The summed E-state index contributed by atoms with van der Waals surface area (Å²) in [6, 6.07) is 0. The zero-order valence-electron chi connectivity index (χ0n) is 6.68. The van der Waals surface area contributed by atoms with E-state index in [4.69, 9.17) is 10.5 Å². The van der Waals surface area contributed by atoms with Crippen LogP contribution >= 0.6 is 0 Å². The Hall–Kier alpha value is -0.120. The minimum atomic E-state index is 0.720. The number of nitrogens with zero attached hydrogens (tertiary/aromatic N) is 1. The Morgan fingerprint density at radius 2 is 2.00 bits per heavy atom. The average molecular weight is 145 g/mol. The van der Waals surface area contributed by atoms with Crippen molar-refractivity contribution >= 4 is 0 Å². The van der Waals surface area contributed by atoms with Crippen molar-refractivity contribution in [2.75, 3.05) is 33.4 Å². The molecule has 3 nitrogen and oxygen atoms in total. The molecule has 0 aliphatic heterocycles. The van der Waals surface area contributed by atoms with E-state index in [2.05, 4.69) is 5.32 Å². The molecule has 0 atom stereocenters. The Labute approximate surface area is 62.9 Å². The van der Waals surface area contributed by atoms with Crippen LogP contribution in [0, 0.1) is 0 Å². The molecule has 0 rings (SSSR count). The molecule has 0 aliphatic rings. The summed E-state index contributed by atoms with van der Waals surface area (Å²) in [6.45, 7) is 3.23. The van der Waals surface area contributed by atoms with Gasteiger partial charge in [-0.15, -0.1) is 6.54 Å². The second kappa shape index (κ2) is 8.88. The van der Waals surface area contributed by atoms with Gasteiger partial charge >= 0.3 is 0 Å². The zero-order valence-corrected chi connectivity index (χ0v) is 6.68. The molecule has 0 unspecified atom stereocenters. The largest absolute Gasteiger partial charge is 0.665 e. The summed E-state index contributed by atoms with van der Waals surface area (Å²) in [5, 5.41) is 3.95. The molecule has 0 saturated carbocycles. The molecule has 0 amide bonds. The Morgan fingerprint density at radius 1 is 1.30 bits per heavy atom. The quantitative estimate of drug-likeness (QED) is 0.537. The van der Waals surface area contributed by atoms with Gasteiger partial charge < -0.3 is 15.8 Å². The van der Waals surface area contributed by atoms with Crippen LogP contribution in [0.15, 0.2) is 0 Å². The Kier molecular flexibility index (Phi) is 8.77. The molecule has 0 spiro atoms. The predicted octanol–water partition coefficient (Wildman–Crippen LogP) is 0.745. The molecule has 2 N–H and O–H groups in total. The summed E-state index contributed by atoms with van der Waals surface area (Å²) < 4.78 is 5.24. The van der Waals surface area contributed by atoms with Gasteiger partial charge in [-0.1, -0.05) is 0 Å². The topological polar surface area (TPSA) is 49.4 Å². The Bertz CT molecular complexity index is 51.6. The minimum absolute atomic E-state index is 0.720. The van der Waals surface area contributed by atoms with Crippen LogP contribution in [0.2, 0.25) is 0 Å². The van der Waals surface area contributed by atoms with Crippen LogP contribution in [-0.4, -0.2) is 33.4 Å². The number of hydrogen-bond acceptors (Lipinski definition) is 2. The van der Waals surface area contributed by atoms with Gasteiger partial charge in [0, 0.05) is 13.2 Å². The van der Waals surface area contributed by atoms with Crippen LogP contribution in [-0.2, 0) is 4.74 Å². The van der Waals surface area contributed by atoms with Crippen LogP contribution in [0.5, 0.6) is 0 Å². The molecule has 0 aromatic carbocycles. The van der Waals surface area contributed by atoms with Crippen molar-refractivity contribution in [2.24, 2.45) is 5.73 Å². The van der Waals surface area contributed by atoms with E-state index in [1.807, 2.05) is 7.05 Å². The van der Waals surface area contributed by atoms with E-state index in [-0.39, 0.29) is 0 Å². The third-order valence-corrected chi connectivity index (χ3v) is 1.16. The van der Waals surface area contributed by atoms with E-state index < -0.39 is 0 Å². The maximum Gasteiger partial charge on any atom is 0.0478 e. The first kappa shape index (κ1) is 9.88. The fourth-order valence-corrected chi connectivity index (χ4v) is 0.612. The molecule has 0 aromatic heterocycles. The van der Waals surface area contributed by atoms with Crippen molar-refractivity contribution in [3.63, 3.8) is 0 Å². The molecule has 0 radical (unpaired) electrons. The SMILES string of the molecule is C[N-]CCCOCCCN. The van der Waals surface area contributed by atoms with Gasteiger partial charge in [0.2, 0.25) is 0 Å². The summed E-state index contributed by atoms with van der Waals surface area (Å²) in [4.78, 5) is 0. The van der Waals surface area contributed by atoms with E-state index in [0.717, 1.165) is 39.1 Å². The molecule has 0 aliphatic carbocycles. The highest BCUT2D eigenvalue weighted by Gasteiger charge is 1.83. The van der Waals surface area contributed by atoms with Crippen LogP contribution in [0.1, 0.15) is 12.8 Å². The van der Waals surface area contributed by atoms with Gasteiger partial charge in [-0.2, -0.15) is 7.05 Å². The first-order valence-electron chi connectivity index (χ1n) is 3.75. The highest BCUT2D eigenvalue weighted by atomic mass is 16.5. The molecule has 0 fully saturated rings. The van der Waals surface area contributed by atoms with Crippen molar-refractivity contribution in [1.82, 2.24) is 0 Å². The number of rotatable bonds is 7. The molecule has 62 valence electrons. The standard InChI is InChI=1S/C7H17N2O/c1-9-5-3-7-10-6-2-4-8/h2-8H2,1H3/q-1. The highest BCUT2D eigenvalue weighted by Crippen LogP contribution is 1.87. The molecule has 0 saturated heterocycles. The molecular formula is C7H17N2O-. The lowest BCUT2D eigenvalue weighted by molar-refractivity contribution is 0.133. The molecule has 10 heavy (non-hydrogen) atoms. The zero-order chi connectivity index (χ0) is 7.66. The average Bonchev–Trinajstić information content (AvgIpc) is 1.97. The monoisotopic (exact) mass is 145 g/mol. The van der Waals surface area contributed by atoms with Crippen molar-refractivity contribution < 1.29 is 4.74 Å². The van der Waals surface area contributed by atoms with Gasteiger partial charge in [-0.05, 0) is 19.4 Å². The van der Waals surface area contributed by atoms with Crippen LogP contribution in [0.25, 0.3) is 5.32 Å². The summed E-state index contributed by atoms with van der Waals surface area (Å²) in [5.41, 5.74) is 5.27. The summed E-state index contributed by atoms with van der Waals surface area (Å²) in [5.74, 6) is 0. The summed E-state index contributed by atoms with van der Waals surface area (Å²) >= 11 is 0. The van der Waals surface area contributed by atoms with Gasteiger partial charge in [0.25, 0.3) is 0 Å². The summed E-state index contributed by atoms with van der Waals surface area (Å²) in [6.07, 6.45) is 1.99. The highest BCUT2D eigenvalue weighted by molar-refractivity contribution is 4.67. The molecule has 0 heterocycles. The second-order valence-corrected chi connectivity index (χ2v) is 2.15. The van der Waals surface area contributed by atoms with Crippen LogP contribution in [0.4, 0.5) is 0 Å². The lowest BCUT2D eigenvalue weighted by Crippen LogP contribution is -2.05. The maximum absolute atomic E-state index is 5.27. The Morgan fingerprint density at radius 3 is 2.60 bits per heavy atom. The normalized spacial score (nSPS) is 10.2. The number of hydrogen-bond donors (Lipinski definition) is 1. The number of nitrogens with two attached hydrogens (primary N) is 1. The lowest BCUT2D eigenvalue weighted by Gasteiger charge is -2.09. The predicted molar refractivity (Wildman–Crippen MR) is 43.3 cm³/mol. The van der Waals surface area contributed by atoms with Gasteiger partial charge in [-0.3, -0.25) is 0 Å². The van der Waals surface area contributed by atoms with Crippen molar-refractivity contribution in [2.45, 2.75) is 12.8 Å². The van der Waals surface area contributed by atoms with Crippen LogP contribution < -0.4 is 5.73 Å². The first-order valence-corrected chi connectivity index (χ1v) is 3.75. The van der Waals surface area contributed by atoms with Gasteiger partial charge in [0.05, 0.1) is 0 Å². The third kappa shape index (κ3) is 7.88. The van der Waals surface area contributed by atoms with E-state index in [1.54, 1.807) is 0 Å². The Balaban J connectivity index is 2.65. The maximum atomic E-state index is 5.27. The molecule has 0 bridgehead atoms. The van der Waals surface area contributed by atoms with E-state index >= 15 is 0 Å². The minimum Gasteiger partial charge on any atom is -0.665 e. The van der Waals surface area contributed by atoms with Gasteiger partial charge in [0.1, 0.15) is 0 Å². The van der Waals surface area contributed by atoms with Gasteiger partial charge in [-0.25, -0.2) is 0 Å². The van der Waals surface area contributed by atoms with E-state index in [9.17, 15) is 0 Å². The van der Waals surface area contributed by atoms with Crippen LogP contribution in [0.3, 0.4) is 0 Å². The molecule has 0 aromatic rings. The molecule has 3 heteroatoms. The molecular weight excluding hydrogens is 128 g/mol. The smallest absolute Gasteiger partial charge is 0.0478 e. The number of ether oxygens (including phenoxy) is 1. The van der Waals surface area contributed by atoms with E-state index in [1.165, 1.54) is 0 Å². The van der Waals surface area contributed by atoms with Crippen molar-refractivity contribution in [3.05, 3.63) is 5.32 Å². The van der Waals surface area contributed by atoms with Crippen molar-refractivity contribution in [1.29, 1.82) is 0 Å². The summed E-state index contributed by atoms with van der Waals surface area (Å²) in [7, 11) is 1.82. The van der Waals surface area contributed by atoms with Crippen molar-refractivity contribution in [3.8, 4) is 0 Å². The van der Waals surface area contributed by atoms with E-state index in [0.29, 0.717) is 0 Å². The first-order chi connectivity index (χ1) is 4.91.